The SMILES string of the molecule is CC(O)(CNC(=O)CC1CSCCN1)C(=O)O. The predicted molar refractivity (Wildman–Crippen MR) is 65.0 cm³/mol. The standard InChI is InChI=1S/C10H18N2O4S/c1-10(16,9(14)15)6-12-8(13)4-7-5-17-3-2-11-7/h7,11,16H,2-6H2,1H3,(H,12,13)(H,14,15). The van der Waals surface area contributed by atoms with Crippen LogP contribution >= 0.6 is 11.8 Å². The van der Waals surface area contributed by atoms with Gasteiger partial charge in [-0.3, -0.25) is 4.79 Å². The number of hydrogen-bond acceptors (Lipinski definition) is 5. The average molecular weight is 262 g/mol. The highest BCUT2D eigenvalue weighted by molar-refractivity contribution is 7.99. The van der Waals surface area contributed by atoms with E-state index in [0.29, 0.717) is 6.42 Å². The van der Waals surface area contributed by atoms with Crippen LogP contribution in [0.3, 0.4) is 0 Å². The van der Waals surface area contributed by atoms with Crippen molar-refractivity contribution in [3.05, 3.63) is 0 Å². The summed E-state index contributed by atoms with van der Waals surface area (Å²) >= 11 is 1.79. The summed E-state index contributed by atoms with van der Waals surface area (Å²) in [5, 5.41) is 23.7. The minimum Gasteiger partial charge on any atom is -0.479 e. The highest BCUT2D eigenvalue weighted by atomic mass is 32.2. The lowest BCUT2D eigenvalue weighted by molar-refractivity contribution is -0.156. The van der Waals surface area contributed by atoms with Gasteiger partial charge in [0.1, 0.15) is 0 Å². The van der Waals surface area contributed by atoms with Crippen molar-refractivity contribution in [2.24, 2.45) is 0 Å². The van der Waals surface area contributed by atoms with Gasteiger partial charge >= 0.3 is 5.97 Å². The zero-order valence-electron chi connectivity index (χ0n) is 9.73. The molecule has 1 aliphatic heterocycles. The molecule has 0 aromatic carbocycles. The number of thioether (sulfide) groups is 1. The first-order valence-electron chi connectivity index (χ1n) is 5.45. The zero-order chi connectivity index (χ0) is 12.9. The summed E-state index contributed by atoms with van der Waals surface area (Å²) in [6.07, 6.45) is 0.308. The Morgan fingerprint density at radius 1 is 1.59 bits per heavy atom. The lowest BCUT2D eigenvalue weighted by atomic mass is 10.1. The molecule has 4 N–H and O–H groups in total. The molecule has 1 amide bonds. The maximum absolute atomic E-state index is 11.5. The molecule has 0 spiro atoms. The van der Waals surface area contributed by atoms with E-state index < -0.39 is 11.6 Å². The molecule has 1 rings (SSSR count). The molecule has 98 valence electrons. The normalized spacial score (nSPS) is 23.8. The van der Waals surface area contributed by atoms with Gasteiger partial charge in [0.05, 0.1) is 6.54 Å². The van der Waals surface area contributed by atoms with Crippen molar-refractivity contribution < 1.29 is 19.8 Å². The van der Waals surface area contributed by atoms with Gasteiger partial charge < -0.3 is 20.8 Å². The van der Waals surface area contributed by atoms with E-state index in [2.05, 4.69) is 10.6 Å². The quantitative estimate of drug-likeness (QED) is 0.509. The fourth-order valence-corrected chi connectivity index (χ4v) is 2.34. The van der Waals surface area contributed by atoms with Crippen LogP contribution in [-0.2, 0) is 9.59 Å². The maximum Gasteiger partial charge on any atom is 0.337 e. The zero-order valence-corrected chi connectivity index (χ0v) is 10.5. The van der Waals surface area contributed by atoms with Gasteiger partial charge in [-0.25, -0.2) is 4.79 Å². The third-order valence-electron chi connectivity index (χ3n) is 2.52. The molecule has 2 atom stereocenters. The minimum absolute atomic E-state index is 0.128. The molecule has 0 aromatic heterocycles. The Kier molecular flexibility index (Phi) is 5.23. The highest BCUT2D eigenvalue weighted by Crippen LogP contribution is 2.10. The number of carbonyl (C=O) groups is 2. The van der Waals surface area contributed by atoms with Gasteiger partial charge in [-0.15, -0.1) is 0 Å². The number of carboxylic acid groups (broad SMARTS) is 1. The lowest BCUT2D eigenvalue weighted by Gasteiger charge is -2.23. The molecule has 0 aliphatic carbocycles. The van der Waals surface area contributed by atoms with Crippen molar-refractivity contribution in [1.29, 1.82) is 0 Å². The molecular formula is C10H18N2O4S. The van der Waals surface area contributed by atoms with E-state index in [-0.39, 0.29) is 18.5 Å². The summed E-state index contributed by atoms with van der Waals surface area (Å²) in [7, 11) is 0. The van der Waals surface area contributed by atoms with Crippen LogP contribution in [0, 0.1) is 0 Å². The number of aliphatic hydroxyl groups is 1. The summed E-state index contributed by atoms with van der Waals surface area (Å²) < 4.78 is 0. The number of nitrogens with one attached hydrogen (secondary N) is 2. The van der Waals surface area contributed by atoms with Crippen molar-refractivity contribution >= 4 is 23.6 Å². The van der Waals surface area contributed by atoms with E-state index >= 15 is 0 Å². The molecule has 0 bridgehead atoms. The van der Waals surface area contributed by atoms with Crippen molar-refractivity contribution in [3.8, 4) is 0 Å². The van der Waals surface area contributed by atoms with Crippen LogP contribution in [0.2, 0.25) is 0 Å². The smallest absolute Gasteiger partial charge is 0.337 e. The molecule has 2 unspecified atom stereocenters. The molecule has 1 heterocycles. The van der Waals surface area contributed by atoms with E-state index in [1.54, 1.807) is 11.8 Å². The summed E-state index contributed by atoms with van der Waals surface area (Å²) in [5.74, 6) is 0.338. The van der Waals surface area contributed by atoms with Gasteiger partial charge in [0.2, 0.25) is 5.91 Å². The Labute approximate surface area is 104 Å². The van der Waals surface area contributed by atoms with Gasteiger partial charge in [-0.1, -0.05) is 0 Å². The highest BCUT2D eigenvalue weighted by Gasteiger charge is 2.30. The molecule has 1 fully saturated rings. The van der Waals surface area contributed by atoms with Crippen LogP contribution < -0.4 is 10.6 Å². The van der Waals surface area contributed by atoms with Gasteiger partial charge in [0.15, 0.2) is 5.60 Å². The molecule has 1 saturated heterocycles. The Morgan fingerprint density at radius 2 is 2.29 bits per heavy atom. The van der Waals surface area contributed by atoms with Gasteiger partial charge in [0.25, 0.3) is 0 Å². The largest absolute Gasteiger partial charge is 0.479 e. The van der Waals surface area contributed by atoms with E-state index in [9.17, 15) is 14.7 Å². The van der Waals surface area contributed by atoms with Crippen LogP contribution in [-0.4, -0.2) is 58.3 Å². The third-order valence-corrected chi connectivity index (χ3v) is 3.65. The second kappa shape index (κ2) is 6.23. The molecule has 0 radical (unpaired) electrons. The Morgan fingerprint density at radius 3 is 2.82 bits per heavy atom. The summed E-state index contributed by atoms with van der Waals surface area (Å²) in [6.45, 7) is 1.76. The third kappa shape index (κ3) is 4.93. The number of carbonyl (C=O) groups excluding carboxylic acids is 1. The fraction of sp³-hybridized carbons (Fsp3) is 0.800. The molecule has 6 nitrogen and oxygen atoms in total. The number of aliphatic carboxylic acids is 1. The summed E-state index contributed by atoms with van der Waals surface area (Å²) in [4.78, 5) is 22.1. The van der Waals surface area contributed by atoms with Crippen molar-refractivity contribution in [1.82, 2.24) is 10.6 Å². The number of hydrogen-bond donors (Lipinski definition) is 4. The van der Waals surface area contributed by atoms with E-state index in [4.69, 9.17) is 5.11 Å². The maximum atomic E-state index is 11.5. The second-order valence-corrected chi connectivity index (χ2v) is 5.44. The minimum atomic E-state index is -1.91. The monoisotopic (exact) mass is 262 g/mol. The number of carboxylic acids is 1. The van der Waals surface area contributed by atoms with Gasteiger partial charge in [-0.2, -0.15) is 11.8 Å². The van der Waals surface area contributed by atoms with Crippen molar-refractivity contribution in [3.63, 3.8) is 0 Å². The van der Waals surface area contributed by atoms with Crippen LogP contribution in [0.15, 0.2) is 0 Å². The molecule has 0 aromatic rings. The Bertz CT molecular complexity index is 290. The van der Waals surface area contributed by atoms with E-state index in [1.807, 2.05) is 0 Å². The van der Waals surface area contributed by atoms with Crippen LogP contribution in [0.5, 0.6) is 0 Å². The molecule has 17 heavy (non-hydrogen) atoms. The predicted octanol–water partition coefficient (Wildman–Crippen LogP) is -0.967. The molecule has 0 saturated carbocycles. The van der Waals surface area contributed by atoms with Gasteiger partial charge in [0, 0.05) is 30.5 Å². The first kappa shape index (κ1) is 14.3. The molecule has 1 aliphatic rings. The Hall–Kier alpha value is -0.790. The first-order valence-corrected chi connectivity index (χ1v) is 6.61. The van der Waals surface area contributed by atoms with Crippen molar-refractivity contribution in [2.75, 3.05) is 24.6 Å². The first-order chi connectivity index (χ1) is 7.92. The average Bonchev–Trinajstić information content (AvgIpc) is 2.28. The van der Waals surface area contributed by atoms with Crippen LogP contribution in [0.1, 0.15) is 13.3 Å². The van der Waals surface area contributed by atoms with Gasteiger partial charge in [-0.05, 0) is 6.92 Å². The summed E-state index contributed by atoms with van der Waals surface area (Å²) in [5.41, 5.74) is -1.91. The molecule has 7 heteroatoms. The summed E-state index contributed by atoms with van der Waals surface area (Å²) in [6, 6.07) is 0.128. The van der Waals surface area contributed by atoms with Crippen LogP contribution in [0.4, 0.5) is 0 Å². The number of rotatable bonds is 5. The van der Waals surface area contributed by atoms with Crippen LogP contribution in [0.25, 0.3) is 0 Å². The Balaban J connectivity index is 2.27. The molecular weight excluding hydrogens is 244 g/mol. The fourth-order valence-electron chi connectivity index (χ4n) is 1.39. The van der Waals surface area contributed by atoms with E-state index in [0.717, 1.165) is 25.0 Å². The topological polar surface area (TPSA) is 98.7 Å². The second-order valence-electron chi connectivity index (χ2n) is 4.29. The number of amides is 1. The van der Waals surface area contributed by atoms with E-state index in [1.165, 1.54) is 0 Å². The lowest BCUT2D eigenvalue weighted by Crippen LogP contribution is -2.48. The van der Waals surface area contributed by atoms with Crippen molar-refractivity contribution in [2.45, 2.75) is 25.0 Å².